The van der Waals surface area contributed by atoms with Crippen molar-refractivity contribution in [3.63, 3.8) is 0 Å². The molecule has 0 aliphatic heterocycles. The number of benzene rings is 1. The number of ether oxygens (including phenoxy) is 1. The molecule has 1 heterocycles. The molecule has 3 nitrogen and oxygen atoms in total. The van der Waals surface area contributed by atoms with Gasteiger partial charge in [0.1, 0.15) is 6.10 Å². The zero-order valence-electron chi connectivity index (χ0n) is 12.1. The Hall–Kier alpha value is -1.94. The van der Waals surface area contributed by atoms with Gasteiger partial charge in [0.2, 0.25) is 0 Å². The van der Waals surface area contributed by atoms with Crippen molar-refractivity contribution in [1.82, 2.24) is 10.3 Å². The van der Waals surface area contributed by atoms with Crippen LogP contribution in [0.25, 0.3) is 0 Å². The summed E-state index contributed by atoms with van der Waals surface area (Å²) < 4.78 is 20.2. The Morgan fingerprint density at radius 3 is 3.05 bits per heavy atom. The maximum Gasteiger partial charge on any atom is 0.251 e. The van der Waals surface area contributed by atoms with E-state index in [-0.39, 0.29) is 17.8 Å². The zero-order chi connectivity index (χ0) is 14.7. The van der Waals surface area contributed by atoms with E-state index in [2.05, 4.69) is 22.4 Å². The van der Waals surface area contributed by atoms with Crippen LogP contribution in [0.3, 0.4) is 0 Å². The van der Waals surface area contributed by atoms with Crippen LogP contribution in [-0.2, 0) is 13.0 Å². The highest BCUT2D eigenvalue weighted by Gasteiger charge is 2.23. The molecule has 0 saturated carbocycles. The first-order valence-corrected chi connectivity index (χ1v) is 7.32. The van der Waals surface area contributed by atoms with Crippen molar-refractivity contribution < 1.29 is 9.13 Å². The highest BCUT2D eigenvalue weighted by Crippen LogP contribution is 2.34. The molecule has 1 unspecified atom stereocenters. The fourth-order valence-corrected chi connectivity index (χ4v) is 2.84. The van der Waals surface area contributed by atoms with Crippen molar-refractivity contribution in [2.75, 3.05) is 7.05 Å². The molecule has 21 heavy (non-hydrogen) atoms. The Kier molecular flexibility index (Phi) is 4.15. The smallest absolute Gasteiger partial charge is 0.251 e. The Morgan fingerprint density at radius 2 is 2.19 bits per heavy atom. The number of aromatic nitrogens is 1. The SMILES string of the molecule is CNCc1ccnc(OC2CCCc3ccccc32)c1F. The Balaban J connectivity index is 1.86. The summed E-state index contributed by atoms with van der Waals surface area (Å²) in [4.78, 5) is 4.06. The molecule has 0 amide bonds. The van der Waals surface area contributed by atoms with E-state index in [0.29, 0.717) is 12.1 Å². The van der Waals surface area contributed by atoms with Crippen molar-refractivity contribution in [3.8, 4) is 5.88 Å². The van der Waals surface area contributed by atoms with Crippen LogP contribution in [0, 0.1) is 5.82 Å². The predicted octanol–water partition coefficient (Wildman–Crippen LogP) is 3.40. The van der Waals surface area contributed by atoms with Gasteiger partial charge in [-0.2, -0.15) is 0 Å². The van der Waals surface area contributed by atoms with Gasteiger partial charge in [0, 0.05) is 18.3 Å². The predicted molar refractivity (Wildman–Crippen MR) is 79.7 cm³/mol. The van der Waals surface area contributed by atoms with Crippen LogP contribution in [0.5, 0.6) is 5.88 Å². The zero-order valence-corrected chi connectivity index (χ0v) is 12.1. The van der Waals surface area contributed by atoms with Gasteiger partial charge >= 0.3 is 0 Å². The number of pyridine rings is 1. The molecule has 1 aromatic carbocycles. The number of fused-ring (bicyclic) bond motifs is 1. The van der Waals surface area contributed by atoms with Crippen molar-refractivity contribution >= 4 is 0 Å². The number of nitrogens with one attached hydrogen (secondary N) is 1. The fraction of sp³-hybridized carbons (Fsp3) is 0.353. The number of hydrogen-bond acceptors (Lipinski definition) is 3. The monoisotopic (exact) mass is 286 g/mol. The lowest BCUT2D eigenvalue weighted by Gasteiger charge is -2.26. The van der Waals surface area contributed by atoms with Gasteiger partial charge < -0.3 is 10.1 Å². The lowest BCUT2D eigenvalue weighted by Crippen LogP contribution is -2.17. The van der Waals surface area contributed by atoms with E-state index < -0.39 is 0 Å². The van der Waals surface area contributed by atoms with Crippen LogP contribution < -0.4 is 10.1 Å². The van der Waals surface area contributed by atoms with E-state index in [9.17, 15) is 4.39 Å². The molecular formula is C17H19FN2O. The number of halogens is 1. The Morgan fingerprint density at radius 1 is 1.33 bits per heavy atom. The second-order valence-corrected chi connectivity index (χ2v) is 5.32. The minimum atomic E-state index is -0.366. The molecule has 1 aliphatic rings. The lowest BCUT2D eigenvalue weighted by atomic mass is 9.89. The van der Waals surface area contributed by atoms with Crippen LogP contribution in [-0.4, -0.2) is 12.0 Å². The molecule has 2 aromatic rings. The highest BCUT2D eigenvalue weighted by molar-refractivity contribution is 5.32. The van der Waals surface area contributed by atoms with E-state index in [1.165, 1.54) is 5.56 Å². The van der Waals surface area contributed by atoms with Crippen molar-refractivity contribution in [1.29, 1.82) is 0 Å². The Bertz CT molecular complexity index is 630. The highest BCUT2D eigenvalue weighted by atomic mass is 19.1. The van der Waals surface area contributed by atoms with Crippen LogP contribution in [0.15, 0.2) is 36.5 Å². The van der Waals surface area contributed by atoms with Gasteiger partial charge in [0.05, 0.1) is 0 Å². The third-order valence-electron chi connectivity index (χ3n) is 3.87. The maximum absolute atomic E-state index is 14.4. The summed E-state index contributed by atoms with van der Waals surface area (Å²) in [7, 11) is 1.79. The summed E-state index contributed by atoms with van der Waals surface area (Å²) in [5, 5.41) is 2.95. The van der Waals surface area contributed by atoms with Crippen LogP contribution in [0.1, 0.15) is 35.6 Å². The summed E-state index contributed by atoms with van der Waals surface area (Å²) >= 11 is 0. The first-order chi connectivity index (χ1) is 10.3. The van der Waals surface area contributed by atoms with Crippen molar-refractivity contribution in [3.05, 3.63) is 59.0 Å². The quantitative estimate of drug-likeness (QED) is 0.935. The maximum atomic E-state index is 14.4. The average molecular weight is 286 g/mol. The molecule has 110 valence electrons. The van der Waals surface area contributed by atoms with E-state index in [0.717, 1.165) is 24.8 Å². The van der Waals surface area contributed by atoms with Gasteiger partial charge in [-0.05, 0) is 43.5 Å². The molecular weight excluding hydrogens is 267 g/mol. The second kappa shape index (κ2) is 6.22. The van der Waals surface area contributed by atoms with E-state index in [1.807, 2.05) is 12.1 Å². The molecule has 0 radical (unpaired) electrons. The van der Waals surface area contributed by atoms with E-state index in [4.69, 9.17) is 4.74 Å². The van der Waals surface area contributed by atoms with Gasteiger partial charge in [-0.3, -0.25) is 0 Å². The number of aryl methyl sites for hydroxylation is 1. The number of rotatable bonds is 4. The summed E-state index contributed by atoms with van der Waals surface area (Å²) in [5.41, 5.74) is 3.02. The molecule has 3 rings (SSSR count). The Labute approximate surface area is 124 Å². The minimum absolute atomic E-state index is 0.101. The average Bonchev–Trinajstić information content (AvgIpc) is 2.52. The molecule has 0 fully saturated rings. The number of hydrogen-bond donors (Lipinski definition) is 1. The summed E-state index contributed by atoms with van der Waals surface area (Å²) in [5.74, 6) is -0.264. The molecule has 1 atom stereocenters. The van der Waals surface area contributed by atoms with Gasteiger partial charge in [0.15, 0.2) is 5.82 Å². The van der Waals surface area contributed by atoms with Crippen molar-refractivity contribution in [2.24, 2.45) is 0 Å². The lowest BCUT2D eigenvalue weighted by molar-refractivity contribution is 0.167. The van der Waals surface area contributed by atoms with Crippen LogP contribution >= 0.6 is 0 Å². The molecule has 1 aromatic heterocycles. The number of nitrogens with zero attached hydrogens (tertiary/aromatic N) is 1. The summed E-state index contributed by atoms with van der Waals surface area (Å²) in [6.45, 7) is 0.464. The van der Waals surface area contributed by atoms with E-state index >= 15 is 0 Å². The molecule has 0 bridgehead atoms. The van der Waals surface area contributed by atoms with Gasteiger partial charge in [0.25, 0.3) is 5.88 Å². The van der Waals surface area contributed by atoms with Gasteiger partial charge in [-0.15, -0.1) is 0 Å². The molecule has 0 spiro atoms. The molecule has 4 heteroatoms. The topological polar surface area (TPSA) is 34.2 Å². The fourth-order valence-electron chi connectivity index (χ4n) is 2.84. The normalized spacial score (nSPS) is 17.3. The third kappa shape index (κ3) is 2.90. The van der Waals surface area contributed by atoms with Gasteiger partial charge in [-0.1, -0.05) is 24.3 Å². The first-order valence-electron chi connectivity index (χ1n) is 7.32. The second-order valence-electron chi connectivity index (χ2n) is 5.32. The molecule has 1 N–H and O–H groups in total. The van der Waals surface area contributed by atoms with E-state index in [1.54, 1.807) is 19.3 Å². The largest absolute Gasteiger partial charge is 0.467 e. The van der Waals surface area contributed by atoms with Crippen molar-refractivity contribution in [2.45, 2.75) is 31.9 Å². The standard InChI is InChI=1S/C17H19FN2O/c1-19-11-13-9-10-20-17(16(13)18)21-15-8-4-6-12-5-2-3-7-14(12)15/h2-3,5,7,9-10,15,19H,4,6,8,11H2,1H3. The third-order valence-corrected chi connectivity index (χ3v) is 3.87. The molecule has 1 aliphatic carbocycles. The van der Waals surface area contributed by atoms with Crippen LogP contribution in [0.2, 0.25) is 0 Å². The van der Waals surface area contributed by atoms with Gasteiger partial charge in [-0.25, -0.2) is 9.37 Å². The summed E-state index contributed by atoms with van der Waals surface area (Å²) in [6.07, 6.45) is 4.50. The molecule has 0 saturated heterocycles. The summed E-state index contributed by atoms with van der Waals surface area (Å²) in [6, 6.07) is 9.89. The van der Waals surface area contributed by atoms with Crippen LogP contribution in [0.4, 0.5) is 4.39 Å². The minimum Gasteiger partial charge on any atom is -0.467 e. The first kappa shape index (κ1) is 14.0.